The molecule has 0 aliphatic carbocycles. The van der Waals surface area contributed by atoms with Crippen molar-refractivity contribution in [2.24, 2.45) is 5.73 Å². The van der Waals surface area contributed by atoms with E-state index in [4.69, 9.17) is 10.8 Å². The molecule has 0 fully saturated rings. The van der Waals surface area contributed by atoms with Crippen molar-refractivity contribution in [1.82, 2.24) is 0 Å². The van der Waals surface area contributed by atoms with Crippen molar-refractivity contribution >= 4 is 0 Å². The fourth-order valence-electron chi connectivity index (χ4n) is 1.58. The third-order valence-corrected chi connectivity index (χ3v) is 2.51. The molecule has 0 aromatic carbocycles. The summed E-state index contributed by atoms with van der Waals surface area (Å²) in [6.07, 6.45) is 11.0. The van der Waals surface area contributed by atoms with Crippen molar-refractivity contribution in [3.63, 3.8) is 0 Å². The molecule has 0 radical (unpaired) electrons. The lowest BCUT2D eigenvalue weighted by Gasteiger charge is -2.04. The second-order valence-corrected chi connectivity index (χ2v) is 3.96. The van der Waals surface area contributed by atoms with E-state index in [-0.39, 0.29) is 0 Å². The van der Waals surface area contributed by atoms with Gasteiger partial charge in [-0.1, -0.05) is 38.5 Å². The molecule has 0 aromatic rings. The van der Waals surface area contributed by atoms with E-state index in [0.29, 0.717) is 0 Å². The van der Waals surface area contributed by atoms with E-state index in [0.717, 1.165) is 32.1 Å². The molecular weight excluding hydrogens is 190 g/mol. The normalized spacial score (nSPS) is 13.5. The highest BCUT2D eigenvalue weighted by molar-refractivity contribution is 4.81. The van der Waals surface area contributed by atoms with Gasteiger partial charge in [-0.2, -0.15) is 0 Å². The summed E-state index contributed by atoms with van der Waals surface area (Å²) in [5.41, 5.74) is 5.40. The molecule has 0 saturated carbocycles. The maximum Gasteiger partial charge on any atom is 0.0777 e. The molecule has 0 bridgehead atoms. The van der Waals surface area contributed by atoms with Gasteiger partial charge in [-0.05, 0) is 25.5 Å². The van der Waals surface area contributed by atoms with E-state index in [9.17, 15) is 5.11 Å². The Hall–Kier alpha value is -0.540. The van der Waals surface area contributed by atoms with Crippen molar-refractivity contribution in [2.45, 2.75) is 57.5 Å². The largest absolute Gasteiger partial charge is 0.516 e. The van der Waals surface area contributed by atoms with Crippen LogP contribution >= 0.6 is 0 Å². The van der Waals surface area contributed by atoms with E-state index < -0.39 is 6.10 Å². The molecule has 3 heteroatoms. The molecule has 0 amide bonds. The lowest BCUT2D eigenvalue weighted by molar-refractivity contribution is 0.205. The molecule has 0 aliphatic rings. The summed E-state index contributed by atoms with van der Waals surface area (Å²) in [6.45, 7) is 0.805. The van der Waals surface area contributed by atoms with Gasteiger partial charge in [0.1, 0.15) is 0 Å². The van der Waals surface area contributed by atoms with Crippen molar-refractivity contribution < 1.29 is 10.2 Å². The summed E-state index contributed by atoms with van der Waals surface area (Å²) in [7, 11) is 0. The number of hydrogen-bond acceptors (Lipinski definition) is 3. The minimum atomic E-state index is -0.479. The maximum absolute atomic E-state index is 9.26. The van der Waals surface area contributed by atoms with Crippen LogP contribution in [0.15, 0.2) is 12.3 Å². The predicted molar refractivity (Wildman–Crippen MR) is 63.8 cm³/mol. The predicted octanol–water partition coefficient (Wildman–Crippen LogP) is 2.50. The van der Waals surface area contributed by atoms with E-state index >= 15 is 0 Å². The summed E-state index contributed by atoms with van der Waals surface area (Å²) in [4.78, 5) is 0. The van der Waals surface area contributed by atoms with Crippen LogP contribution in [-0.2, 0) is 0 Å². The van der Waals surface area contributed by atoms with Crippen molar-refractivity contribution in [1.29, 1.82) is 0 Å². The Labute approximate surface area is 93.0 Å². The standard InChI is InChI=1S/C12H25NO2/c13-10-7-5-3-1-2-4-6-8-12(15)9-11-14/h9,11-12,14-15H,1-8,10,13H2. The minimum absolute atomic E-state index is 0.479. The van der Waals surface area contributed by atoms with Crippen LogP contribution in [-0.4, -0.2) is 22.9 Å². The Morgan fingerprint density at radius 1 is 0.933 bits per heavy atom. The first-order valence-electron chi connectivity index (χ1n) is 6.00. The molecule has 15 heavy (non-hydrogen) atoms. The van der Waals surface area contributed by atoms with Crippen LogP contribution < -0.4 is 5.73 Å². The summed E-state index contributed by atoms with van der Waals surface area (Å²) in [5, 5.41) is 17.7. The molecule has 1 atom stereocenters. The summed E-state index contributed by atoms with van der Waals surface area (Å²) in [5.74, 6) is 0. The zero-order valence-corrected chi connectivity index (χ0v) is 9.57. The monoisotopic (exact) mass is 215 g/mol. The molecule has 0 aromatic heterocycles. The maximum atomic E-state index is 9.26. The number of rotatable bonds is 10. The second kappa shape index (κ2) is 11.5. The van der Waals surface area contributed by atoms with Gasteiger partial charge in [-0.3, -0.25) is 0 Å². The van der Waals surface area contributed by atoms with Gasteiger partial charge in [-0.25, -0.2) is 0 Å². The summed E-state index contributed by atoms with van der Waals surface area (Å²) < 4.78 is 0. The van der Waals surface area contributed by atoms with E-state index in [1.165, 1.54) is 38.2 Å². The fraction of sp³-hybridized carbons (Fsp3) is 0.833. The number of aliphatic hydroxyl groups excluding tert-OH is 2. The fourth-order valence-corrected chi connectivity index (χ4v) is 1.58. The number of hydrogen-bond donors (Lipinski definition) is 3. The van der Waals surface area contributed by atoms with Gasteiger partial charge in [0.05, 0.1) is 12.4 Å². The quantitative estimate of drug-likeness (QED) is 0.387. The van der Waals surface area contributed by atoms with E-state index in [1.807, 2.05) is 0 Å². The first-order chi connectivity index (χ1) is 7.31. The third-order valence-electron chi connectivity index (χ3n) is 2.51. The van der Waals surface area contributed by atoms with Gasteiger partial charge in [-0.15, -0.1) is 0 Å². The Kier molecular flexibility index (Phi) is 11.1. The van der Waals surface area contributed by atoms with Gasteiger partial charge in [0.2, 0.25) is 0 Å². The van der Waals surface area contributed by atoms with Crippen molar-refractivity contribution in [3.05, 3.63) is 12.3 Å². The first-order valence-corrected chi connectivity index (χ1v) is 6.00. The summed E-state index contributed by atoms with van der Waals surface area (Å²) in [6, 6.07) is 0. The lowest BCUT2D eigenvalue weighted by atomic mass is 10.1. The van der Waals surface area contributed by atoms with Crippen LogP contribution in [0.5, 0.6) is 0 Å². The molecule has 0 saturated heterocycles. The SMILES string of the molecule is NCCCCCCCCCC(O)C=CO. The molecule has 0 heterocycles. The van der Waals surface area contributed by atoms with Gasteiger partial charge in [0, 0.05) is 0 Å². The van der Waals surface area contributed by atoms with Gasteiger partial charge in [0.25, 0.3) is 0 Å². The molecule has 1 unspecified atom stereocenters. The average Bonchev–Trinajstić information content (AvgIpc) is 2.22. The van der Waals surface area contributed by atoms with Crippen LogP contribution in [0.1, 0.15) is 51.4 Å². The zero-order valence-electron chi connectivity index (χ0n) is 9.57. The van der Waals surface area contributed by atoms with E-state index in [1.54, 1.807) is 0 Å². The summed E-state index contributed by atoms with van der Waals surface area (Å²) >= 11 is 0. The average molecular weight is 215 g/mol. The second-order valence-electron chi connectivity index (χ2n) is 3.96. The van der Waals surface area contributed by atoms with Gasteiger partial charge in [0.15, 0.2) is 0 Å². The molecular formula is C12H25NO2. The van der Waals surface area contributed by atoms with Crippen LogP contribution in [0.25, 0.3) is 0 Å². The van der Waals surface area contributed by atoms with Crippen LogP contribution in [0.2, 0.25) is 0 Å². The Balaban J connectivity index is 3.04. The number of nitrogens with two attached hydrogens (primary N) is 1. The topological polar surface area (TPSA) is 66.5 Å². The Bertz CT molecular complexity index is 149. The lowest BCUT2D eigenvalue weighted by Crippen LogP contribution is -2.01. The van der Waals surface area contributed by atoms with Crippen LogP contribution in [0, 0.1) is 0 Å². The zero-order chi connectivity index (χ0) is 11.4. The third kappa shape index (κ3) is 11.4. The van der Waals surface area contributed by atoms with Gasteiger partial charge < -0.3 is 15.9 Å². The highest BCUT2D eigenvalue weighted by Crippen LogP contribution is 2.09. The molecule has 0 rings (SSSR count). The Morgan fingerprint density at radius 2 is 1.47 bits per heavy atom. The van der Waals surface area contributed by atoms with Gasteiger partial charge >= 0.3 is 0 Å². The highest BCUT2D eigenvalue weighted by Gasteiger charge is 1.98. The molecule has 90 valence electrons. The smallest absolute Gasteiger partial charge is 0.0777 e. The van der Waals surface area contributed by atoms with E-state index in [2.05, 4.69) is 0 Å². The Morgan fingerprint density at radius 3 is 2.00 bits per heavy atom. The number of aliphatic hydroxyl groups is 2. The highest BCUT2D eigenvalue weighted by atomic mass is 16.3. The molecule has 0 spiro atoms. The molecule has 4 N–H and O–H groups in total. The van der Waals surface area contributed by atoms with Crippen molar-refractivity contribution in [2.75, 3.05) is 6.54 Å². The first kappa shape index (κ1) is 14.5. The molecule has 0 aliphatic heterocycles. The number of unbranched alkanes of at least 4 members (excludes halogenated alkanes) is 6. The molecule has 3 nitrogen and oxygen atoms in total. The van der Waals surface area contributed by atoms with Crippen LogP contribution in [0.3, 0.4) is 0 Å². The minimum Gasteiger partial charge on any atom is -0.516 e. The van der Waals surface area contributed by atoms with Crippen molar-refractivity contribution in [3.8, 4) is 0 Å². The van der Waals surface area contributed by atoms with Crippen LogP contribution in [0.4, 0.5) is 0 Å².